The van der Waals surface area contributed by atoms with Crippen molar-refractivity contribution in [3.8, 4) is 0 Å². The van der Waals surface area contributed by atoms with Gasteiger partial charge in [0.2, 0.25) is 5.91 Å². The van der Waals surface area contributed by atoms with E-state index >= 15 is 0 Å². The van der Waals surface area contributed by atoms with E-state index in [1.165, 1.54) is 0 Å². The smallest absolute Gasteiger partial charge is 0.225 e. The first-order chi connectivity index (χ1) is 6.40. The summed E-state index contributed by atoms with van der Waals surface area (Å²) >= 11 is 0. The van der Waals surface area contributed by atoms with Gasteiger partial charge in [0, 0.05) is 25.4 Å². The van der Waals surface area contributed by atoms with E-state index in [2.05, 4.69) is 5.16 Å². The lowest BCUT2D eigenvalue weighted by Gasteiger charge is -2.26. The first-order valence-corrected chi connectivity index (χ1v) is 4.63. The Kier molecular flexibility index (Phi) is 4.97. The van der Waals surface area contributed by atoms with E-state index in [0.29, 0.717) is 6.42 Å². The molecule has 0 bridgehead atoms. The predicted molar refractivity (Wildman–Crippen MR) is 55.1 cm³/mol. The number of hydrogen-bond acceptors (Lipinski definition) is 3. The van der Waals surface area contributed by atoms with Crippen LogP contribution in [0.15, 0.2) is 5.16 Å². The van der Waals surface area contributed by atoms with Crippen LogP contribution in [0.3, 0.4) is 0 Å². The van der Waals surface area contributed by atoms with E-state index in [-0.39, 0.29) is 23.7 Å². The molecule has 1 unspecified atom stereocenters. The van der Waals surface area contributed by atoms with E-state index in [9.17, 15) is 4.79 Å². The Bertz CT molecular complexity index is 226. The van der Waals surface area contributed by atoms with Crippen LogP contribution in [-0.4, -0.2) is 34.9 Å². The molecule has 82 valence electrons. The fourth-order valence-electron chi connectivity index (χ4n) is 1.10. The summed E-state index contributed by atoms with van der Waals surface area (Å²) in [5, 5.41) is 11.2. The van der Waals surface area contributed by atoms with Crippen LogP contribution in [0.2, 0.25) is 0 Å². The number of carbonyl (C=O) groups is 1. The van der Waals surface area contributed by atoms with Crippen LogP contribution in [0, 0.1) is 5.92 Å². The molecule has 0 aliphatic rings. The second kappa shape index (κ2) is 5.47. The average molecular weight is 201 g/mol. The minimum atomic E-state index is -0.0548. The minimum absolute atomic E-state index is 0.0326. The van der Waals surface area contributed by atoms with Crippen LogP contribution in [0.1, 0.15) is 27.2 Å². The highest BCUT2D eigenvalue weighted by Gasteiger charge is 2.19. The monoisotopic (exact) mass is 201 g/mol. The molecule has 0 fully saturated rings. The zero-order chi connectivity index (χ0) is 11.3. The Labute approximate surface area is 84.6 Å². The molecule has 0 aliphatic heterocycles. The lowest BCUT2D eigenvalue weighted by Crippen LogP contribution is -2.39. The van der Waals surface area contributed by atoms with Gasteiger partial charge >= 0.3 is 0 Å². The van der Waals surface area contributed by atoms with Gasteiger partial charge in [-0.15, -0.1) is 0 Å². The Morgan fingerprint density at radius 3 is 2.36 bits per heavy atom. The molecule has 0 aromatic heterocycles. The van der Waals surface area contributed by atoms with Crippen molar-refractivity contribution in [2.24, 2.45) is 16.8 Å². The highest BCUT2D eigenvalue weighted by Crippen LogP contribution is 2.06. The summed E-state index contributed by atoms with van der Waals surface area (Å²) in [5.41, 5.74) is 5.35. The molecule has 5 nitrogen and oxygen atoms in total. The van der Waals surface area contributed by atoms with Crippen molar-refractivity contribution in [2.45, 2.75) is 33.2 Å². The third-order valence-electron chi connectivity index (χ3n) is 2.14. The molecule has 0 aliphatic carbocycles. The molecule has 0 radical (unpaired) electrons. The van der Waals surface area contributed by atoms with Gasteiger partial charge < -0.3 is 15.8 Å². The molecule has 0 heterocycles. The maximum Gasteiger partial charge on any atom is 0.225 e. The Morgan fingerprint density at radius 2 is 2.00 bits per heavy atom. The Hall–Kier alpha value is -1.26. The molecular formula is C9H19N3O2. The molecule has 14 heavy (non-hydrogen) atoms. The van der Waals surface area contributed by atoms with Gasteiger partial charge in [-0.05, 0) is 6.92 Å². The van der Waals surface area contributed by atoms with E-state index in [0.717, 1.165) is 0 Å². The summed E-state index contributed by atoms with van der Waals surface area (Å²) in [5.74, 6) is 0.166. The van der Waals surface area contributed by atoms with Crippen LogP contribution in [0.4, 0.5) is 0 Å². The number of amidine groups is 1. The van der Waals surface area contributed by atoms with E-state index in [4.69, 9.17) is 10.9 Å². The van der Waals surface area contributed by atoms with Crippen LogP contribution >= 0.6 is 0 Å². The van der Waals surface area contributed by atoms with Crippen molar-refractivity contribution >= 4 is 11.7 Å². The summed E-state index contributed by atoms with van der Waals surface area (Å²) in [6, 6.07) is -0.0548. The summed E-state index contributed by atoms with van der Waals surface area (Å²) < 4.78 is 0. The largest absolute Gasteiger partial charge is 0.409 e. The number of carbonyl (C=O) groups excluding carboxylic acids is 1. The van der Waals surface area contributed by atoms with E-state index in [1.807, 2.05) is 20.8 Å². The second-order valence-electron chi connectivity index (χ2n) is 3.75. The fraction of sp³-hybridized carbons (Fsp3) is 0.778. The highest BCUT2D eigenvalue weighted by molar-refractivity contribution is 5.82. The zero-order valence-electron chi connectivity index (χ0n) is 9.19. The predicted octanol–water partition coefficient (Wildman–Crippen LogP) is 0.626. The van der Waals surface area contributed by atoms with Crippen LogP contribution in [0.25, 0.3) is 0 Å². The molecule has 1 amide bonds. The van der Waals surface area contributed by atoms with Crippen molar-refractivity contribution in [2.75, 3.05) is 7.05 Å². The third kappa shape index (κ3) is 3.64. The van der Waals surface area contributed by atoms with E-state index < -0.39 is 0 Å². The maximum atomic E-state index is 11.5. The molecular weight excluding hydrogens is 182 g/mol. The molecule has 3 N–H and O–H groups in total. The van der Waals surface area contributed by atoms with Gasteiger partial charge in [-0.25, -0.2) is 0 Å². The Morgan fingerprint density at radius 1 is 1.50 bits per heavy atom. The number of oxime groups is 1. The van der Waals surface area contributed by atoms with Gasteiger partial charge in [0.15, 0.2) is 0 Å². The number of amides is 1. The summed E-state index contributed by atoms with van der Waals surface area (Å²) in [6.07, 6.45) is 0.380. The number of rotatable bonds is 4. The molecule has 0 aromatic rings. The van der Waals surface area contributed by atoms with Crippen molar-refractivity contribution < 1.29 is 10.0 Å². The fourth-order valence-corrected chi connectivity index (χ4v) is 1.10. The van der Waals surface area contributed by atoms with Gasteiger partial charge in [-0.1, -0.05) is 19.0 Å². The first-order valence-electron chi connectivity index (χ1n) is 4.63. The molecule has 1 atom stereocenters. The molecule has 0 aromatic carbocycles. The molecule has 0 saturated carbocycles. The number of nitrogens with two attached hydrogens (primary N) is 1. The van der Waals surface area contributed by atoms with Gasteiger partial charge in [0.05, 0.1) is 0 Å². The standard InChI is InChI=1S/C9H19N3O2/c1-6(2)9(13)12(4)7(3)5-8(10)11-14/h6-7,14H,5H2,1-4H3,(H2,10,11). The lowest BCUT2D eigenvalue weighted by atomic mass is 10.1. The maximum absolute atomic E-state index is 11.5. The van der Waals surface area contributed by atoms with Crippen LogP contribution < -0.4 is 5.73 Å². The van der Waals surface area contributed by atoms with Gasteiger partial charge in [-0.3, -0.25) is 4.79 Å². The Balaban J connectivity index is 4.25. The normalized spacial score (nSPS) is 14.2. The number of hydrogen-bond donors (Lipinski definition) is 2. The van der Waals surface area contributed by atoms with Crippen molar-refractivity contribution in [3.63, 3.8) is 0 Å². The highest BCUT2D eigenvalue weighted by atomic mass is 16.4. The van der Waals surface area contributed by atoms with Gasteiger partial charge in [0.1, 0.15) is 5.84 Å². The van der Waals surface area contributed by atoms with Crippen LogP contribution in [0.5, 0.6) is 0 Å². The zero-order valence-corrected chi connectivity index (χ0v) is 9.19. The quantitative estimate of drug-likeness (QED) is 0.303. The van der Waals surface area contributed by atoms with E-state index in [1.54, 1.807) is 11.9 Å². The SMILES string of the molecule is CC(C)C(=O)N(C)C(C)CC(N)=NO. The molecule has 0 saturated heterocycles. The van der Waals surface area contributed by atoms with Gasteiger partial charge in [-0.2, -0.15) is 0 Å². The van der Waals surface area contributed by atoms with Crippen LogP contribution in [-0.2, 0) is 4.79 Å². The van der Waals surface area contributed by atoms with Crippen molar-refractivity contribution in [1.82, 2.24) is 4.90 Å². The summed E-state index contributed by atoms with van der Waals surface area (Å²) in [6.45, 7) is 5.54. The average Bonchev–Trinajstić information content (AvgIpc) is 2.14. The van der Waals surface area contributed by atoms with Gasteiger partial charge in [0.25, 0.3) is 0 Å². The topological polar surface area (TPSA) is 78.9 Å². The summed E-state index contributed by atoms with van der Waals surface area (Å²) in [7, 11) is 1.72. The number of nitrogens with zero attached hydrogens (tertiary/aromatic N) is 2. The molecule has 0 rings (SSSR count). The summed E-state index contributed by atoms with van der Waals surface area (Å²) in [4.78, 5) is 13.2. The van der Waals surface area contributed by atoms with Crippen molar-refractivity contribution in [1.29, 1.82) is 0 Å². The third-order valence-corrected chi connectivity index (χ3v) is 2.14. The van der Waals surface area contributed by atoms with Crippen molar-refractivity contribution in [3.05, 3.63) is 0 Å². The lowest BCUT2D eigenvalue weighted by molar-refractivity contribution is -0.134. The minimum Gasteiger partial charge on any atom is -0.409 e. The molecule has 0 spiro atoms. The second-order valence-corrected chi connectivity index (χ2v) is 3.75. The molecule has 5 heteroatoms. The first kappa shape index (κ1) is 12.7.